The zero-order chi connectivity index (χ0) is 25.9. The largest absolute Gasteiger partial charge is 0.374 e. The molecular weight excluding hydrogens is 471 g/mol. The zero-order valence-corrected chi connectivity index (χ0v) is 22.1. The van der Waals surface area contributed by atoms with E-state index in [4.69, 9.17) is 14.7 Å². The minimum absolute atomic E-state index is 0.213. The number of likely N-dealkylation sites (N-methyl/N-ethyl adjacent to an activating group) is 1. The molecule has 3 aromatic rings. The lowest BCUT2D eigenvalue weighted by atomic mass is 9.97. The van der Waals surface area contributed by atoms with Crippen LogP contribution in [0.1, 0.15) is 45.1 Å². The van der Waals surface area contributed by atoms with Gasteiger partial charge in [-0.2, -0.15) is 4.98 Å². The number of anilines is 4. The molecule has 0 unspecified atom stereocenters. The summed E-state index contributed by atoms with van der Waals surface area (Å²) in [6.07, 6.45) is 5.91. The van der Waals surface area contributed by atoms with Gasteiger partial charge in [-0.25, -0.2) is 19.3 Å². The maximum absolute atomic E-state index is 14.8. The van der Waals surface area contributed by atoms with E-state index in [9.17, 15) is 4.39 Å². The summed E-state index contributed by atoms with van der Waals surface area (Å²) in [6, 6.07) is 4.37. The predicted molar refractivity (Wildman–Crippen MR) is 146 cm³/mol. The van der Waals surface area contributed by atoms with Crippen molar-refractivity contribution in [2.24, 2.45) is 0 Å². The summed E-state index contributed by atoms with van der Waals surface area (Å²) in [6.45, 7) is 9.68. The molecule has 0 radical (unpaired) electrons. The first-order chi connectivity index (χ1) is 17.9. The van der Waals surface area contributed by atoms with Gasteiger partial charge in [0, 0.05) is 49.7 Å². The number of ether oxygens (including phenoxy) is 1. The van der Waals surface area contributed by atoms with Crippen molar-refractivity contribution in [1.29, 1.82) is 0 Å². The fourth-order valence-corrected chi connectivity index (χ4v) is 5.00. The summed E-state index contributed by atoms with van der Waals surface area (Å²) in [5.41, 5.74) is 1.19. The van der Waals surface area contributed by atoms with Crippen molar-refractivity contribution in [3.05, 3.63) is 36.3 Å². The Labute approximate surface area is 217 Å². The number of fused-ring (bicyclic) bond motifs is 1. The molecule has 2 N–H and O–H groups in total. The summed E-state index contributed by atoms with van der Waals surface area (Å²) in [5, 5.41) is 8.57. The SMILES string of the molecule is CNCCO[C@H]1CCN(c2nccc(Nc3cc4c(C(C)C)cnc(N5CC[C@H]5C)c4cn3)n2)C[C@H]1F. The van der Waals surface area contributed by atoms with Gasteiger partial charge < -0.3 is 25.2 Å². The summed E-state index contributed by atoms with van der Waals surface area (Å²) < 4.78 is 20.5. The number of halogens is 1. The van der Waals surface area contributed by atoms with Crippen molar-refractivity contribution < 1.29 is 9.13 Å². The normalized spacial score (nSPS) is 21.9. The van der Waals surface area contributed by atoms with Crippen molar-refractivity contribution in [3.63, 3.8) is 0 Å². The van der Waals surface area contributed by atoms with Crippen molar-refractivity contribution in [3.8, 4) is 0 Å². The molecule has 9 nitrogen and oxygen atoms in total. The van der Waals surface area contributed by atoms with E-state index in [0.717, 1.165) is 23.1 Å². The Morgan fingerprint density at radius 1 is 1.11 bits per heavy atom. The molecule has 0 aromatic carbocycles. The summed E-state index contributed by atoms with van der Waals surface area (Å²) >= 11 is 0. The third-order valence-electron chi connectivity index (χ3n) is 7.34. The van der Waals surface area contributed by atoms with Gasteiger partial charge in [-0.05, 0) is 55.8 Å². The van der Waals surface area contributed by atoms with Crippen LogP contribution in [0.4, 0.5) is 27.8 Å². The van der Waals surface area contributed by atoms with Crippen LogP contribution in [-0.4, -0.2) is 78.1 Å². The highest BCUT2D eigenvalue weighted by Gasteiger charge is 2.31. The van der Waals surface area contributed by atoms with Gasteiger partial charge >= 0.3 is 0 Å². The average molecular weight is 509 g/mol. The Balaban J connectivity index is 1.34. The van der Waals surface area contributed by atoms with Gasteiger partial charge in [-0.15, -0.1) is 0 Å². The molecule has 0 amide bonds. The second kappa shape index (κ2) is 11.1. The van der Waals surface area contributed by atoms with Gasteiger partial charge in [0.15, 0.2) is 0 Å². The molecular formula is C27H37FN8O. The third kappa shape index (κ3) is 5.45. The fraction of sp³-hybridized carbons (Fsp3) is 0.556. The number of alkyl halides is 1. The quantitative estimate of drug-likeness (QED) is 0.416. The van der Waals surface area contributed by atoms with Crippen LogP contribution in [0.15, 0.2) is 30.7 Å². The summed E-state index contributed by atoms with van der Waals surface area (Å²) in [5.74, 6) is 3.16. The number of rotatable bonds is 9. The topological polar surface area (TPSA) is 91.3 Å². The average Bonchev–Trinajstić information content (AvgIpc) is 2.89. The first-order valence-corrected chi connectivity index (χ1v) is 13.2. The Bertz CT molecular complexity index is 1220. The molecule has 0 bridgehead atoms. The van der Waals surface area contributed by atoms with Gasteiger partial charge in [0.25, 0.3) is 0 Å². The molecule has 2 aliphatic heterocycles. The van der Waals surface area contributed by atoms with Crippen molar-refractivity contribution >= 4 is 34.2 Å². The molecule has 0 spiro atoms. The fourth-order valence-electron chi connectivity index (χ4n) is 5.00. The van der Waals surface area contributed by atoms with Gasteiger partial charge in [0.05, 0.1) is 19.3 Å². The molecule has 5 heterocycles. The van der Waals surface area contributed by atoms with E-state index < -0.39 is 6.17 Å². The van der Waals surface area contributed by atoms with Crippen molar-refractivity contribution in [2.45, 2.75) is 57.8 Å². The molecule has 2 saturated heterocycles. The molecule has 37 heavy (non-hydrogen) atoms. The lowest BCUT2D eigenvalue weighted by Gasteiger charge is -2.40. The number of piperidine rings is 1. The van der Waals surface area contributed by atoms with E-state index >= 15 is 0 Å². The standard InChI is InChI=1S/C27H37FN8O/c1-17(2)20-14-32-26(36-11-6-18(36)3)21-15-31-25(13-19(20)21)33-24-5-8-30-27(34-24)35-10-7-23(22(28)16-35)37-12-9-29-4/h5,8,13-15,17-18,22-23,29H,6-7,9-12,16H2,1-4H3,(H,30,31,33,34)/t18-,22-,23+/m1/s1. The van der Waals surface area contributed by atoms with E-state index in [1.165, 1.54) is 12.0 Å². The molecule has 2 aliphatic rings. The highest BCUT2D eigenvalue weighted by atomic mass is 19.1. The van der Waals surface area contributed by atoms with Gasteiger partial charge in [-0.3, -0.25) is 0 Å². The second-order valence-corrected chi connectivity index (χ2v) is 10.3. The van der Waals surface area contributed by atoms with E-state index in [1.807, 2.05) is 24.3 Å². The van der Waals surface area contributed by atoms with Crippen LogP contribution >= 0.6 is 0 Å². The lowest BCUT2D eigenvalue weighted by molar-refractivity contribution is -0.0109. The number of hydrogen-bond acceptors (Lipinski definition) is 9. The van der Waals surface area contributed by atoms with Crippen molar-refractivity contribution in [2.75, 3.05) is 55.0 Å². The highest BCUT2D eigenvalue weighted by Crippen LogP contribution is 2.35. The van der Waals surface area contributed by atoms with E-state index in [0.29, 0.717) is 55.7 Å². The number of hydrogen-bond donors (Lipinski definition) is 2. The molecule has 2 fully saturated rings. The summed E-state index contributed by atoms with van der Waals surface area (Å²) in [4.78, 5) is 22.8. The number of aromatic nitrogens is 4. The van der Waals surface area contributed by atoms with Crippen LogP contribution < -0.4 is 20.4 Å². The molecule has 0 saturated carbocycles. The van der Waals surface area contributed by atoms with Gasteiger partial charge in [-0.1, -0.05) is 13.8 Å². The van der Waals surface area contributed by atoms with Crippen LogP contribution in [0, 0.1) is 0 Å². The van der Waals surface area contributed by atoms with Crippen molar-refractivity contribution in [1.82, 2.24) is 25.3 Å². The number of nitrogens with zero attached hydrogens (tertiary/aromatic N) is 6. The Morgan fingerprint density at radius 2 is 1.97 bits per heavy atom. The lowest BCUT2D eigenvalue weighted by Crippen LogP contribution is -2.46. The van der Waals surface area contributed by atoms with Crippen LogP contribution in [0.2, 0.25) is 0 Å². The first-order valence-electron chi connectivity index (χ1n) is 13.2. The van der Waals surface area contributed by atoms with Gasteiger partial charge in [0.2, 0.25) is 5.95 Å². The minimum Gasteiger partial charge on any atom is -0.374 e. The third-order valence-corrected chi connectivity index (χ3v) is 7.34. The second-order valence-electron chi connectivity index (χ2n) is 10.3. The maximum atomic E-state index is 14.8. The zero-order valence-electron chi connectivity index (χ0n) is 22.1. The summed E-state index contributed by atoms with van der Waals surface area (Å²) in [7, 11) is 1.86. The van der Waals surface area contributed by atoms with E-state index in [2.05, 4.69) is 52.3 Å². The molecule has 3 atom stereocenters. The minimum atomic E-state index is -1.08. The maximum Gasteiger partial charge on any atom is 0.227 e. The smallest absolute Gasteiger partial charge is 0.227 e. The molecule has 0 aliphatic carbocycles. The Morgan fingerprint density at radius 3 is 2.68 bits per heavy atom. The molecule has 3 aromatic heterocycles. The number of nitrogens with one attached hydrogen (secondary N) is 2. The monoisotopic (exact) mass is 508 g/mol. The highest BCUT2D eigenvalue weighted by molar-refractivity contribution is 5.96. The Kier molecular flexibility index (Phi) is 7.66. The molecule has 198 valence electrons. The molecule has 5 rings (SSSR count). The Hall–Kier alpha value is -3.11. The first kappa shape index (κ1) is 25.5. The van der Waals surface area contributed by atoms with Crippen LogP contribution in [0.5, 0.6) is 0 Å². The molecule has 10 heteroatoms. The van der Waals surface area contributed by atoms with Crippen LogP contribution in [-0.2, 0) is 4.74 Å². The van der Waals surface area contributed by atoms with Gasteiger partial charge in [0.1, 0.15) is 23.6 Å². The van der Waals surface area contributed by atoms with E-state index in [-0.39, 0.29) is 12.6 Å². The predicted octanol–water partition coefficient (Wildman–Crippen LogP) is 4.04. The van der Waals surface area contributed by atoms with E-state index in [1.54, 1.807) is 12.3 Å². The van der Waals surface area contributed by atoms with Crippen LogP contribution in [0.3, 0.4) is 0 Å². The number of pyridine rings is 2. The van der Waals surface area contributed by atoms with Crippen LogP contribution in [0.25, 0.3) is 10.8 Å².